The first-order valence-corrected chi connectivity index (χ1v) is 7.17. The summed E-state index contributed by atoms with van der Waals surface area (Å²) in [5, 5.41) is 15.1. The van der Waals surface area contributed by atoms with E-state index in [9.17, 15) is 0 Å². The molecule has 1 fully saturated rings. The average Bonchev–Trinajstić information content (AvgIpc) is 2.92. The highest BCUT2D eigenvalue weighted by atomic mass is 32.2. The van der Waals surface area contributed by atoms with Gasteiger partial charge < -0.3 is 16.3 Å². The van der Waals surface area contributed by atoms with Crippen LogP contribution in [-0.4, -0.2) is 34.1 Å². The topological polar surface area (TPSA) is 83.5 Å². The summed E-state index contributed by atoms with van der Waals surface area (Å²) in [5.41, 5.74) is 7.10. The predicted octanol–water partition coefficient (Wildman–Crippen LogP) is 1.02. The maximum absolute atomic E-state index is 8.71. The fourth-order valence-corrected chi connectivity index (χ4v) is 3.30. The van der Waals surface area contributed by atoms with E-state index in [1.165, 1.54) is 17.9 Å². The maximum Gasteiger partial charge on any atom is 0.189 e. The van der Waals surface area contributed by atoms with Gasteiger partial charge in [0.25, 0.3) is 0 Å². The standard InChI is InChI=1S/C12H18N4OS/c13-12(16-17)11-10(2-1-4-15-11)7-14-6-9-3-5-18-8-9/h1-2,4,9,14,17H,3,5-8H2,(H2,13,16). The van der Waals surface area contributed by atoms with Crippen molar-refractivity contribution in [3.63, 3.8) is 0 Å². The molecule has 0 radical (unpaired) electrons. The molecule has 0 saturated carbocycles. The second kappa shape index (κ2) is 6.61. The van der Waals surface area contributed by atoms with Crippen LogP contribution < -0.4 is 11.1 Å². The molecule has 6 heteroatoms. The molecule has 0 aromatic carbocycles. The molecule has 4 N–H and O–H groups in total. The number of aromatic nitrogens is 1. The lowest BCUT2D eigenvalue weighted by atomic mass is 10.1. The quantitative estimate of drug-likeness (QED) is 0.321. The number of nitrogens with one attached hydrogen (secondary N) is 1. The third-order valence-electron chi connectivity index (χ3n) is 3.01. The van der Waals surface area contributed by atoms with E-state index in [0.717, 1.165) is 18.0 Å². The number of hydrogen-bond donors (Lipinski definition) is 3. The van der Waals surface area contributed by atoms with Gasteiger partial charge in [0.1, 0.15) is 5.69 Å². The number of pyridine rings is 1. The molecule has 1 aliphatic rings. The molecule has 2 rings (SSSR count). The van der Waals surface area contributed by atoms with Crippen LogP contribution in [0.2, 0.25) is 0 Å². The lowest BCUT2D eigenvalue weighted by molar-refractivity contribution is 0.318. The molecule has 98 valence electrons. The Hall–Kier alpha value is -1.27. The third kappa shape index (κ3) is 3.36. The zero-order valence-electron chi connectivity index (χ0n) is 10.2. The molecular formula is C12H18N4OS. The Labute approximate surface area is 111 Å². The van der Waals surface area contributed by atoms with Crippen molar-refractivity contribution in [2.75, 3.05) is 18.1 Å². The molecule has 18 heavy (non-hydrogen) atoms. The van der Waals surface area contributed by atoms with Crippen molar-refractivity contribution in [2.45, 2.75) is 13.0 Å². The fraction of sp³-hybridized carbons (Fsp3) is 0.500. The lowest BCUT2D eigenvalue weighted by Gasteiger charge is -2.11. The highest BCUT2D eigenvalue weighted by Crippen LogP contribution is 2.22. The van der Waals surface area contributed by atoms with E-state index in [1.807, 2.05) is 23.9 Å². The molecule has 0 amide bonds. The molecule has 1 unspecified atom stereocenters. The monoisotopic (exact) mass is 266 g/mol. The Bertz CT molecular complexity index is 418. The molecule has 0 bridgehead atoms. The SMILES string of the molecule is N/C(=N/O)c1ncccc1CNCC1CCSC1. The van der Waals surface area contributed by atoms with Gasteiger partial charge in [-0.15, -0.1) is 0 Å². The third-order valence-corrected chi connectivity index (χ3v) is 4.25. The van der Waals surface area contributed by atoms with E-state index in [2.05, 4.69) is 15.5 Å². The summed E-state index contributed by atoms with van der Waals surface area (Å²) in [5.74, 6) is 3.34. The van der Waals surface area contributed by atoms with Crippen molar-refractivity contribution in [3.8, 4) is 0 Å². The normalized spacial score (nSPS) is 20.2. The summed E-state index contributed by atoms with van der Waals surface area (Å²) in [6.45, 7) is 1.71. The molecule has 2 heterocycles. The number of amidine groups is 1. The summed E-state index contributed by atoms with van der Waals surface area (Å²) in [6.07, 6.45) is 2.93. The summed E-state index contributed by atoms with van der Waals surface area (Å²) >= 11 is 2.02. The first-order valence-electron chi connectivity index (χ1n) is 6.01. The van der Waals surface area contributed by atoms with Gasteiger partial charge in [-0.3, -0.25) is 4.98 Å². The Morgan fingerprint density at radius 1 is 1.67 bits per heavy atom. The molecule has 1 atom stereocenters. The molecule has 0 spiro atoms. The average molecular weight is 266 g/mol. The minimum atomic E-state index is 0.0591. The Balaban J connectivity index is 1.92. The number of nitrogens with two attached hydrogens (primary N) is 1. The van der Waals surface area contributed by atoms with Gasteiger partial charge in [0.05, 0.1) is 0 Å². The molecule has 1 aromatic heterocycles. The fourth-order valence-electron chi connectivity index (χ4n) is 2.01. The largest absolute Gasteiger partial charge is 0.409 e. The minimum Gasteiger partial charge on any atom is -0.409 e. The van der Waals surface area contributed by atoms with Crippen LogP contribution in [0.5, 0.6) is 0 Å². The summed E-state index contributed by atoms with van der Waals surface area (Å²) in [7, 11) is 0. The Kier molecular flexibility index (Phi) is 4.83. The van der Waals surface area contributed by atoms with Gasteiger partial charge in [-0.2, -0.15) is 11.8 Å². The van der Waals surface area contributed by atoms with Gasteiger partial charge in [-0.05, 0) is 42.0 Å². The molecule has 0 aliphatic carbocycles. The van der Waals surface area contributed by atoms with Gasteiger partial charge >= 0.3 is 0 Å². The second-order valence-corrected chi connectivity index (χ2v) is 5.51. The van der Waals surface area contributed by atoms with Crippen LogP contribution >= 0.6 is 11.8 Å². The minimum absolute atomic E-state index is 0.0591. The second-order valence-electron chi connectivity index (χ2n) is 4.36. The molecule has 1 saturated heterocycles. The smallest absolute Gasteiger partial charge is 0.189 e. The van der Waals surface area contributed by atoms with Crippen molar-refractivity contribution in [2.24, 2.45) is 16.8 Å². The molecule has 1 aromatic rings. The van der Waals surface area contributed by atoms with E-state index >= 15 is 0 Å². The van der Waals surface area contributed by atoms with Gasteiger partial charge in [-0.1, -0.05) is 11.2 Å². The van der Waals surface area contributed by atoms with Crippen molar-refractivity contribution < 1.29 is 5.21 Å². The molecular weight excluding hydrogens is 248 g/mol. The number of hydrogen-bond acceptors (Lipinski definition) is 5. The molecule has 5 nitrogen and oxygen atoms in total. The van der Waals surface area contributed by atoms with E-state index < -0.39 is 0 Å². The van der Waals surface area contributed by atoms with Crippen molar-refractivity contribution in [3.05, 3.63) is 29.6 Å². The summed E-state index contributed by atoms with van der Waals surface area (Å²) in [4.78, 5) is 4.14. The zero-order valence-corrected chi connectivity index (χ0v) is 11.0. The zero-order chi connectivity index (χ0) is 12.8. The highest BCUT2D eigenvalue weighted by Gasteiger charge is 2.15. The van der Waals surface area contributed by atoms with Crippen LogP contribution in [0.3, 0.4) is 0 Å². The van der Waals surface area contributed by atoms with Crippen LogP contribution in [0.4, 0.5) is 0 Å². The van der Waals surface area contributed by atoms with Gasteiger partial charge in [0.2, 0.25) is 0 Å². The first kappa shape index (κ1) is 13.2. The highest BCUT2D eigenvalue weighted by molar-refractivity contribution is 7.99. The van der Waals surface area contributed by atoms with Crippen LogP contribution in [0, 0.1) is 5.92 Å². The van der Waals surface area contributed by atoms with Crippen molar-refractivity contribution >= 4 is 17.6 Å². The van der Waals surface area contributed by atoms with E-state index in [0.29, 0.717) is 12.2 Å². The first-order chi connectivity index (χ1) is 8.81. The Morgan fingerprint density at radius 3 is 3.28 bits per heavy atom. The Morgan fingerprint density at radius 2 is 2.56 bits per heavy atom. The molecule has 1 aliphatic heterocycles. The van der Waals surface area contributed by atoms with E-state index in [1.54, 1.807) is 6.20 Å². The number of thioether (sulfide) groups is 1. The summed E-state index contributed by atoms with van der Waals surface area (Å²) in [6, 6.07) is 3.80. The van der Waals surface area contributed by atoms with Gasteiger partial charge in [0, 0.05) is 12.7 Å². The van der Waals surface area contributed by atoms with Crippen molar-refractivity contribution in [1.29, 1.82) is 0 Å². The predicted molar refractivity (Wildman–Crippen MR) is 73.9 cm³/mol. The van der Waals surface area contributed by atoms with Crippen LogP contribution in [0.25, 0.3) is 0 Å². The number of nitrogens with zero attached hydrogens (tertiary/aromatic N) is 2. The van der Waals surface area contributed by atoms with Crippen LogP contribution in [0.1, 0.15) is 17.7 Å². The number of rotatable bonds is 5. The van der Waals surface area contributed by atoms with Crippen LogP contribution in [0.15, 0.2) is 23.5 Å². The number of oxime groups is 1. The van der Waals surface area contributed by atoms with Gasteiger partial charge in [0.15, 0.2) is 5.84 Å². The lowest BCUT2D eigenvalue weighted by Crippen LogP contribution is -2.25. The van der Waals surface area contributed by atoms with Crippen molar-refractivity contribution in [1.82, 2.24) is 10.3 Å². The van der Waals surface area contributed by atoms with E-state index in [-0.39, 0.29) is 5.84 Å². The summed E-state index contributed by atoms with van der Waals surface area (Å²) < 4.78 is 0. The van der Waals surface area contributed by atoms with Crippen LogP contribution in [-0.2, 0) is 6.54 Å². The van der Waals surface area contributed by atoms with E-state index in [4.69, 9.17) is 10.9 Å². The van der Waals surface area contributed by atoms with Gasteiger partial charge in [-0.25, -0.2) is 0 Å². The maximum atomic E-state index is 8.71.